The second-order valence-electron chi connectivity index (χ2n) is 7.80. The number of carbonyl (C=O) groups excluding carboxylic acids is 3. The van der Waals surface area contributed by atoms with E-state index < -0.39 is 17.9 Å². The van der Waals surface area contributed by atoms with E-state index in [9.17, 15) is 18.8 Å². The number of nitrogens with two attached hydrogens (primary N) is 1. The molecule has 3 amide bonds. The van der Waals surface area contributed by atoms with Crippen molar-refractivity contribution in [2.75, 3.05) is 23.7 Å². The average molecular weight is 514 g/mol. The van der Waals surface area contributed by atoms with Gasteiger partial charge in [0, 0.05) is 34.6 Å². The molecule has 0 aliphatic heterocycles. The number of benzene rings is 3. The molecule has 3 rings (SSSR count). The van der Waals surface area contributed by atoms with E-state index in [0.717, 1.165) is 0 Å². The maximum absolute atomic E-state index is 13.2. The van der Waals surface area contributed by atoms with Crippen LogP contribution in [0.25, 0.3) is 0 Å². The van der Waals surface area contributed by atoms with E-state index in [1.54, 1.807) is 48.5 Å². The SMILES string of the molecule is NC[C@H](NC(=O)c1ccc(C#CC#Cc2ccc(NC(=O)CNc3cccc(F)c3)cc2)cc1)C(=O)NO. The molecule has 3 aromatic carbocycles. The van der Waals surface area contributed by atoms with Crippen LogP contribution in [0, 0.1) is 29.5 Å². The van der Waals surface area contributed by atoms with Crippen LogP contribution in [0.2, 0.25) is 0 Å². The molecule has 1 atom stereocenters. The zero-order valence-electron chi connectivity index (χ0n) is 20.0. The second kappa shape index (κ2) is 13.8. The Balaban J connectivity index is 1.50. The summed E-state index contributed by atoms with van der Waals surface area (Å²) in [4.78, 5) is 35.8. The van der Waals surface area contributed by atoms with Crippen LogP contribution in [0.15, 0.2) is 72.8 Å². The van der Waals surface area contributed by atoms with Gasteiger partial charge in [-0.25, -0.2) is 9.87 Å². The number of rotatable bonds is 8. The largest absolute Gasteiger partial charge is 0.376 e. The van der Waals surface area contributed by atoms with Crippen LogP contribution < -0.4 is 27.2 Å². The number of anilines is 2. The average Bonchev–Trinajstić information content (AvgIpc) is 2.93. The molecule has 0 fully saturated rings. The normalized spacial score (nSPS) is 10.5. The fraction of sp³-hybridized carbons (Fsp3) is 0.107. The van der Waals surface area contributed by atoms with E-state index in [0.29, 0.717) is 28.1 Å². The van der Waals surface area contributed by atoms with E-state index in [2.05, 4.69) is 39.6 Å². The molecule has 0 spiro atoms. The Morgan fingerprint density at radius 1 is 0.895 bits per heavy atom. The molecule has 192 valence electrons. The quantitative estimate of drug-likeness (QED) is 0.154. The molecule has 7 N–H and O–H groups in total. The minimum absolute atomic E-state index is 0.0126. The van der Waals surface area contributed by atoms with Crippen LogP contribution in [-0.2, 0) is 9.59 Å². The summed E-state index contributed by atoms with van der Waals surface area (Å²) in [5.41, 5.74) is 9.60. The van der Waals surface area contributed by atoms with Gasteiger partial charge in [-0.15, -0.1) is 0 Å². The molecule has 0 unspecified atom stereocenters. The molecule has 0 aliphatic rings. The van der Waals surface area contributed by atoms with Crippen LogP contribution in [-0.4, -0.2) is 42.1 Å². The highest BCUT2D eigenvalue weighted by atomic mass is 19.1. The summed E-state index contributed by atoms with van der Waals surface area (Å²) in [6.07, 6.45) is 0. The Hall–Kier alpha value is -5.16. The number of hydrogen-bond donors (Lipinski definition) is 6. The van der Waals surface area contributed by atoms with Crippen LogP contribution in [0.1, 0.15) is 21.5 Å². The van der Waals surface area contributed by atoms with Gasteiger partial charge >= 0.3 is 0 Å². The minimum atomic E-state index is -1.06. The van der Waals surface area contributed by atoms with E-state index >= 15 is 0 Å². The topological polar surface area (TPSA) is 146 Å². The first kappa shape index (κ1) is 27.4. The number of hydroxylamine groups is 1. The Labute approximate surface area is 218 Å². The van der Waals surface area contributed by atoms with Crippen molar-refractivity contribution in [1.29, 1.82) is 0 Å². The number of amides is 3. The monoisotopic (exact) mass is 513 g/mol. The van der Waals surface area contributed by atoms with E-state index in [1.807, 2.05) is 0 Å². The lowest BCUT2D eigenvalue weighted by atomic mass is 10.1. The predicted octanol–water partition coefficient (Wildman–Crippen LogP) is 1.84. The molecule has 0 aromatic heterocycles. The fourth-order valence-electron chi connectivity index (χ4n) is 3.09. The molecule has 10 heteroatoms. The van der Waals surface area contributed by atoms with Gasteiger partial charge in [0.15, 0.2) is 0 Å². The van der Waals surface area contributed by atoms with Gasteiger partial charge in [0.2, 0.25) is 5.91 Å². The van der Waals surface area contributed by atoms with Gasteiger partial charge in [-0.2, -0.15) is 0 Å². The molecular formula is C28H24FN5O4. The van der Waals surface area contributed by atoms with Crippen molar-refractivity contribution in [3.05, 3.63) is 95.3 Å². The summed E-state index contributed by atoms with van der Waals surface area (Å²) in [5, 5.41) is 16.7. The summed E-state index contributed by atoms with van der Waals surface area (Å²) in [6, 6.07) is 18.0. The lowest BCUT2D eigenvalue weighted by Gasteiger charge is -2.14. The highest BCUT2D eigenvalue weighted by Gasteiger charge is 2.19. The van der Waals surface area contributed by atoms with Gasteiger partial charge in [-0.1, -0.05) is 17.9 Å². The standard InChI is InChI=1S/C28H24FN5O4/c29-22-6-3-7-24(16-22)31-18-26(35)32-23-14-10-20(11-15-23)5-2-1-4-19-8-12-21(13-9-19)27(36)33-25(17-30)28(37)34-38/h3,6-16,25,31,38H,17-18,30H2,(H,32,35)(H,33,36)(H,34,37)/t25-/m0/s1. The van der Waals surface area contributed by atoms with Gasteiger partial charge in [-0.3, -0.25) is 19.6 Å². The van der Waals surface area contributed by atoms with Gasteiger partial charge in [0.05, 0.1) is 6.54 Å². The summed E-state index contributed by atoms with van der Waals surface area (Å²) >= 11 is 0. The summed E-state index contributed by atoms with van der Waals surface area (Å²) in [6.45, 7) is -0.186. The van der Waals surface area contributed by atoms with Crippen LogP contribution >= 0.6 is 0 Å². The Morgan fingerprint density at radius 3 is 2.11 bits per heavy atom. The second-order valence-corrected chi connectivity index (χ2v) is 7.80. The highest BCUT2D eigenvalue weighted by Crippen LogP contribution is 2.11. The predicted molar refractivity (Wildman–Crippen MR) is 140 cm³/mol. The maximum atomic E-state index is 13.2. The van der Waals surface area contributed by atoms with Crippen molar-refractivity contribution in [3.8, 4) is 23.7 Å². The van der Waals surface area contributed by atoms with Gasteiger partial charge in [-0.05, 0) is 78.6 Å². The summed E-state index contributed by atoms with van der Waals surface area (Å²) < 4.78 is 13.2. The lowest BCUT2D eigenvalue weighted by molar-refractivity contribution is -0.130. The number of nitrogens with one attached hydrogen (secondary N) is 4. The van der Waals surface area contributed by atoms with E-state index in [-0.39, 0.29) is 24.8 Å². The van der Waals surface area contributed by atoms with Gasteiger partial charge in [0.25, 0.3) is 11.8 Å². The molecule has 0 bridgehead atoms. The summed E-state index contributed by atoms with van der Waals surface area (Å²) in [5.74, 6) is 9.25. The third-order valence-electron chi connectivity index (χ3n) is 5.04. The number of halogens is 1. The molecule has 0 aliphatic carbocycles. The van der Waals surface area contributed by atoms with Crippen molar-refractivity contribution >= 4 is 29.1 Å². The number of hydrogen-bond acceptors (Lipinski definition) is 6. The Morgan fingerprint density at radius 2 is 1.53 bits per heavy atom. The van der Waals surface area contributed by atoms with Crippen molar-refractivity contribution in [1.82, 2.24) is 10.8 Å². The maximum Gasteiger partial charge on any atom is 0.267 e. The molecular weight excluding hydrogens is 489 g/mol. The fourth-order valence-corrected chi connectivity index (χ4v) is 3.09. The zero-order chi connectivity index (χ0) is 27.3. The summed E-state index contributed by atoms with van der Waals surface area (Å²) in [7, 11) is 0. The van der Waals surface area contributed by atoms with Crippen molar-refractivity contribution in [2.45, 2.75) is 6.04 Å². The third-order valence-corrected chi connectivity index (χ3v) is 5.04. The molecule has 38 heavy (non-hydrogen) atoms. The lowest BCUT2D eigenvalue weighted by Crippen LogP contribution is -2.50. The zero-order valence-corrected chi connectivity index (χ0v) is 20.0. The van der Waals surface area contributed by atoms with Gasteiger partial charge in [0.1, 0.15) is 11.9 Å². The van der Waals surface area contributed by atoms with E-state index in [1.165, 1.54) is 29.7 Å². The Bertz CT molecular complexity index is 1420. The molecule has 0 radical (unpaired) electrons. The van der Waals surface area contributed by atoms with Crippen molar-refractivity contribution in [2.24, 2.45) is 5.73 Å². The first-order valence-electron chi connectivity index (χ1n) is 11.3. The molecule has 0 saturated heterocycles. The van der Waals surface area contributed by atoms with Crippen molar-refractivity contribution in [3.63, 3.8) is 0 Å². The Kier molecular flexibility index (Phi) is 9.96. The number of carbonyl (C=O) groups is 3. The molecule has 3 aromatic rings. The van der Waals surface area contributed by atoms with Crippen LogP contribution in [0.5, 0.6) is 0 Å². The molecule has 0 saturated carbocycles. The first-order valence-corrected chi connectivity index (χ1v) is 11.3. The van der Waals surface area contributed by atoms with Gasteiger partial charge < -0.3 is 21.7 Å². The minimum Gasteiger partial charge on any atom is -0.376 e. The van der Waals surface area contributed by atoms with Crippen LogP contribution in [0.4, 0.5) is 15.8 Å². The first-order chi connectivity index (χ1) is 18.4. The van der Waals surface area contributed by atoms with Crippen LogP contribution in [0.3, 0.4) is 0 Å². The molecule has 9 nitrogen and oxygen atoms in total. The highest BCUT2D eigenvalue weighted by molar-refractivity contribution is 5.97. The van der Waals surface area contributed by atoms with Crippen molar-refractivity contribution < 1.29 is 24.0 Å². The third kappa shape index (κ3) is 8.50. The molecule has 0 heterocycles. The smallest absolute Gasteiger partial charge is 0.267 e. The van der Waals surface area contributed by atoms with E-state index in [4.69, 9.17) is 10.9 Å².